The third kappa shape index (κ3) is 4.38. The lowest BCUT2D eigenvalue weighted by Gasteiger charge is -2.09. The van der Waals surface area contributed by atoms with E-state index in [0.717, 1.165) is 12.1 Å². The van der Waals surface area contributed by atoms with Gasteiger partial charge in [0.2, 0.25) is 5.95 Å². The molecular weight excluding hydrogens is 364 g/mol. The summed E-state index contributed by atoms with van der Waals surface area (Å²) in [5.74, 6) is -5.49. The summed E-state index contributed by atoms with van der Waals surface area (Å²) in [6.45, 7) is 0.143. The molecule has 1 aromatic heterocycles. The molecule has 0 unspecified atom stereocenters. The monoisotopic (exact) mass is 376 g/mol. The van der Waals surface area contributed by atoms with E-state index < -0.39 is 23.4 Å². The van der Waals surface area contributed by atoms with Crippen LogP contribution in [0.1, 0.15) is 16.1 Å². The van der Waals surface area contributed by atoms with Gasteiger partial charge in [-0.15, -0.1) is 0 Å². The Morgan fingerprint density at radius 3 is 2.41 bits per heavy atom. The molecular formula is C18H12F4N4O. The molecule has 27 heavy (non-hydrogen) atoms. The maximum atomic E-state index is 13.7. The molecule has 0 bridgehead atoms. The van der Waals surface area contributed by atoms with Crippen molar-refractivity contribution in [3.63, 3.8) is 0 Å². The molecule has 0 fully saturated rings. The number of hydrogen-bond donors (Lipinski definition) is 2. The van der Waals surface area contributed by atoms with Gasteiger partial charge in [-0.1, -0.05) is 12.1 Å². The van der Waals surface area contributed by atoms with Crippen LogP contribution in [0.15, 0.2) is 48.7 Å². The molecule has 1 heterocycles. The van der Waals surface area contributed by atoms with Crippen LogP contribution < -0.4 is 10.6 Å². The predicted molar refractivity (Wildman–Crippen MR) is 89.2 cm³/mol. The normalized spacial score (nSPS) is 10.5. The predicted octanol–water partition coefficient (Wildman–Crippen LogP) is 3.71. The highest BCUT2D eigenvalue weighted by atomic mass is 19.2. The molecule has 9 heteroatoms. The van der Waals surface area contributed by atoms with Crippen molar-refractivity contribution in [2.24, 2.45) is 0 Å². The van der Waals surface area contributed by atoms with Crippen molar-refractivity contribution in [2.45, 2.75) is 6.54 Å². The van der Waals surface area contributed by atoms with Gasteiger partial charge in [-0.05, 0) is 35.9 Å². The van der Waals surface area contributed by atoms with Gasteiger partial charge in [0, 0.05) is 12.7 Å². The molecule has 0 radical (unpaired) electrons. The first-order valence-electron chi connectivity index (χ1n) is 7.70. The first kappa shape index (κ1) is 18.3. The second kappa shape index (κ2) is 7.81. The molecule has 0 saturated carbocycles. The number of nitrogens with zero attached hydrogens (tertiary/aromatic N) is 2. The number of carbonyl (C=O) groups is 1. The number of rotatable bonds is 5. The Morgan fingerprint density at radius 1 is 0.926 bits per heavy atom. The highest BCUT2D eigenvalue weighted by Gasteiger charge is 2.15. The van der Waals surface area contributed by atoms with E-state index in [2.05, 4.69) is 20.6 Å². The molecule has 0 spiro atoms. The van der Waals surface area contributed by atoms with Gasteiger partial charge in [0.25, 0.3) is 5.91 Å². The van der Waals surface area contributed by atoms with Crippen LogP contribution in [0.25, 0.3) is 0 Å². The summed E-state index contributed by atoms with van der Waals surface area (Å²) in [6, 6.07) is 8.64. The van der Waals surface area contributed by atoms with E-state index in [1.165, 1.54) is 36.5 Å². The fourth-order valence-corrected chi connectivity index (χ4v) is 2.16. The van der Waals surface area contributed by atoms with E-state index in [9.17, 15) is 22.4 Å². The molecule has 0 aliphatic heterocycles. The molecule has 2 N–H and O–H groups in total. The summed E-state index contributed by atoms with van der Waals surface area (Å²) >= 11 is 0. The molecule has 0 atom stereocenters. The highest BCUT2D eigenvalue weighted by molar-refractivity contribution is 5.92. The lowest BCUT2D eigenvalue weighted by molar-refractivity contribution is 0.0946. The van der Waals surface area contributed by atoms with Crippen LogP contribution in [-0.2, 0) is 6.54 Å². The van der Waals surface area contributed by atoms with Crippen molar-refractivity contribution in [1.82, 2.24) is 15.3 Å². The molecule has 0 saturated heterocycles. The van der Waals surface area contributed by atoms with Crippen molar-refractivity contribution in [3.8, 4) is 0 Å². The van der Waals surface area contributed by atoms with Gasteiger partial charge >= 0.3 is 0 Å². The first-order valence-corrected chi connectivity index (χ1v) is 7.70. The Labute approximate surface area is 151 Å². The number of anilines is 2. The quantitative estimate of drug-likeness (QED) is 0.526. The van der Waals surface area contributed by atoms with Gasteiger partial charge in [0.15, 0.2) is 17.5 Å². The van der Waals surface area contributed by atoms with Crippen molar-refractivity contribution in [3.05, 3.63) is 83.2 Å². The molecule has 3 rings (SSSR count). The number of halogens is 4. The molecule has 138 valence electrons. The average molecular weight is 376 g/mol. The Morgan fingerprint density at radius 2 is 1.67 bits per heavy atom. The van der Waals surface area contributed by atoms with E-state index in [1.807, 2.05) is 0 Å². The molecule has 2 aromatic carbocycles. The third-order valence-electron chi connectivity index (χ3n) is 3.54. The standard InChI is InChI=1S/C18H12F4N4O/c19-11-3-1-10(2-4-11)9-24-17(27)14-7-8-23-18(26-14)25-13-6-5-12(20)15(21)16(13)22/h1-8H,9H2,(H,24,27)(H,23,25,26). The largest absolute Gasteiger partial charge is 0.347 e. The van der Waals surface area contributed by atoms with Crippen LogP contribution in [0.5, 0.6) is 0 Å². The van der Waals surface area contributed by atoms with E-state index in [0.29, 0.717) is 5.56 Å². The molecule has 3 aromatic rings. The number of nitrogens with one attached hydrogen (secondary N) is 2. The number of aromatic nitrogens is 2. The SMILES string of the molecule is O=C(NCc1ccc(F)cc1)c1ccnc(Nc2ccc(F)c(F)c2F)n1. The van der Waals surface area contributed by atoms with Crippen LogP contribution in [0.4, 0.5) is 29.2 Å². The Balaban J connectivity index is 1.70. The number of amides is 1. The van der Waals surface area contributed by atoms with Crippen molar-refractivity contribution >= 4 is 17.5 Å². The summed E-state index contributed by atoms with van der Waals surface area (Å²) in [7, 11) is 0. The minimum absolute atomic E-state index is 0.0300. The number of benzene rings is 2. The summed E-state index contributed by atoms with van der Waals surface area (Å²) in [5, 5.41) is 4.98. The zero-order valence-corrected chi connectivity index (χ0v) is 13.6. The van der Waals surface area contributed by atoms with Gasteiger partial charge in [0.1, 0.15) is 11.5 Å². The van der Waals surface area contributed by atoms with Crippen LogP contribution in [-0.4, -0.2) is 15.9 Å². The van der Waals surface area contributed by atoms with E-state index in [4.69, 9.17) is 0 Å². The topological polar surface area (TPSA) is 66.9 Å². The minimum atomic E-state index is -1.63. The van der Waals surface area contributed by atoms with Crippen LogP contribution in [0.2, 0.25) is 0 Å². The van der Waals surface area contributed by atoms with Gasteiger partial charge in [-0.3, -0.25) is 4.79 Å². The second-order valence-corrected chi connectivity index (χ2v) is 5.42. The van der Waals surface area contributed by atoms with Gasteiger partial charge in [-0.25, -0.2) is 27.5 Å². The van der Waals surface area contributed by atoms with Crippen LogP contribution in [0.3, 0.4) is 0 Å². The van der Waals surface area contributed by atoms with E-state index >= 15 is 0 Å². The summed E-state index contributed by atoms with van der Waals surface area (Å²) < 4.78 is 52.8. The average Bonchev–Trinajstić information content (AvgIpc) is 2.68. The molecule has 5 nitrogen and oxygen atoms in total. The number of carbonyl (C=O) groups excluding carboxylic acids is 1. The first-order chi connectivity index (χ1) is 12.9. The molecule has 0 aliphatic carbocycles. The Hall–Kier alpha value is -3.49. The van der Waals surface area contributed by atoms with Crippen LogP contribution >= 0.6 is 0 Å². The van der Waals surface area contributed by atoms with Gasteiger partial charge in [0.05, 0.1) is 5.69 Å². The van der Waals surface area contributed by atoms with Gasteiger partial charge < -0.3 is 10.6 Å². The summed E-state index contributed by atoms with van der Waals surface area (Å²) in [4.78, 5) is 19.9. The van der Waals surface area contributed by atoms with E-state index in [-0.39, 0.29) is 29.7 Å². The smallest absolute Gasteiger partial charge is 0.270 e. The van der Waals surface area contributed by atoms with Crippen molar-refractivity contribution in [2.75, 3.05) is 5.32 Å². The van der Waals surface area contributed by atoms with Crippen LogP contribution in [0, 0.1) is 23.3 Å². The fourth-order valence-electron chi connectivity index (χ4n) is 2.16. The van der Waals surface area contributed by atoms with Crippen molar-refractivity contribution in [1.29, 1.82) is 0 Å². The Kier molecular flexibility index (Phi) is 5.30. The lowest BCUT2D eigenvalue weighted by Crippen LogP contribution is -2.24. The molecule has 1 amide bonds. The van der Waals surface area contributed by atoms with E-state index in [1.54, 1.807) is 0 Å². The number of hydrogen-bond acceptors (Lipinski definition) is 4. The van der Waals surface area contributed by atoms with Crippen molar-refractivity contribution < 1.29 is 22.4 Å². The second-order valence-electron chi connectivity index (χ2n) is 5.42. The minimum Gasteiger partial charge on any atom is -0.347 e. The molecule has 0 aliphatic rings. The van der Waals surface area contributed by atoms with Gasteiger partial charge in [-0.2, -0.15) is 0 Å². The zero-order valence-electron chi connectivity index (χ0n) is 13.6. The fraction of sp³-hybridized carbons (Fsp3) is 0.0556. The summed E-state index contributed by atoms with van der Waals surface area (Å²) in [5.41, 5.74) is 0.274. The maximum absolute atomic E-state index is 13.7. The zero-order chi connectivity index (χ0) is 19.4. The lowest BCUT2D eigenvalue weighted by atomic mass is 10.2. The summed E-state index contributed by atoms with van der Waals surface area (Å²) in [6.07, 6.45) is 1.25. The highest BCUT2D eigenvalue weighted by Crippen LogP contribution is 2.22. The third-order valence-corrected chi connectivity index (χ3v) is 3.54. The Bertz CT molecular complexity index is 980. The maximum Gasteiger partial charge on any atom is 0.270 e.